The molecule has 2 aromatic carbocycles. The smallest absolute Gasteiger partial charge is 0.257 e. The maximum atomic E-state index is 12.6. The van der Waals surface area contributed by atoms with Crippen molar-refractivity contribution in [3.63, 3.8) is 0 Å². The number of aromatic amines is 1. The van der Waals surface area contributed by atoms with Gasteiger partial charge in [-0.3, -0.25) is 9.59 Å². The fourth-order valence-electron chi connectivity index (χ4n) is 2.56. The highest BCUT2D eigenvalue weighted by atomic mass is 16.5. The summed E-state index contributed by atoms with van der Waals surface area (Å²) >= 11 is 0. The lowest BCUT2D eigenvalue weighted by atomic mass is 10.1. The zero-order valence-corrected chi connectivity index (χ0v) is 14.0. The van der Waals surface area contributed by atoms with Crippen LogP contribution in [0.1, 0.15) is 15.9 Å². The molecule has 0 saturated heterocycles. The molecule has 5 nitrogen and oxygen atoms in total. The number of carbonyl (C=O) groups is 1. The Kier molecular flexibility index (Phi) is 4.66. The molecular formula is C20H18N2O3. The fourth-order valence-corrected chi connectivity index (χ4v) is 2.56. The first kappa shape index (κ1) is 16.5. The van der Waals surface area contributed by atoms with Crippen LogP contribution in [0.15, 0.2) is 65.6 Å². The Morgan fingerprint density at radius 2 is 1.84 bits per heavy atom. The largest absolute Gasteiger partial charge is 0.495 e. The second kappa shape index (κ2) is 7.05. The number of H-pyrrole nitrogens is 1. The van der Waals surface area contributed by atoms with E-state index in [1.165, 1.54) is 6.20 Å². The first-order chi connectivity index (χ1) is 12.1. The minimum Gasteiger partial charge on any atom is -0.495 e. The van der Waals surface area contributed by atoms with Gasteiger partial charge in [0.25, 0.3) is 11.5 Å². The van der Waals surface area contributed by atoms with Gasteiger partial charge in [0.05, 0.1) is 18.4 Å². The number of methoxy groups -OCH3 is 1. The van der Waals surface area contributed by atoms with E-state index in [4.69, 9.17) is 4.74 Å². The minimum atomic E-state index is -0.322. The number of hydrogen-bond donors (Lipinski definition) is 2. The molecule has 0 radical (unpaired) electrons. The van der Waals surface area contributed by atoms with Crippen LogP contribution in [0.3, 0.4) is 0 Å². The molecule has 3 rings (SSSR count). The van der Waals surface area contributed by atoms with Crippen molar-refractivity contribution in [1.82, 2.24) is 4.98 Å². The molecule has 0 unspecified atom stereocenters. The van der Waals surface area contributed by atoms with Crippen molar-refractivity contribution in [2.75, 3.05) is 12.4 Å². The summed E-state index contributed by atoms with van der Waals surface area (Å²) in [7, 11) is 1.55. The van der Waals surface area contributed by atoms with Gasteiger partial charge >= 0.3 is 0 Å². The van der Waals surface area contributed by atoms with Gasteiger partial charge in [-0.25, -0.2) is 0 Å². The molecule has 0 bridgehead atoms. The number of carbonyl (C=O) groups excluding carboxylic acids is 1. The Bertz CT molecular complexity index is 962. The van der Waals surface area contributed by atoms with Crippen LogP contribution in [0, 0.1) is 6.92 Å². The second-order valence-electron chi connectivity index (χ2n) is 5.66. The molecule has 25 heavy (non-hydrogen) atoms. The van der Waals surface area contributed by atoms with E-state index in [0.29, 0.717) is 22.6 Å². The fraction of sp³-hybridized carbons (Fsp3) is 0.100. The molecule has 0 aliphatic rings. The van der Waals surface area contributed by atoms with Crippen LogP contribution in [0.5, 0.6) is 5.75 Å². The number of nitrogens with one attached hydrogen (secondary N) is 2. The predicted molar refractivity (Wildman–Crippen MR) is 98.2 cm³/mol. The Balaban J connectivity index is 1.94. The molecule has 0 aliphatic carbocycles. The maximum Gasteiger partial charge on any atom is 0.257 e. The highest BCUT2D eigenvalue weighted by molar-refractivity contribution is 6.05. The van der Waals surface area contributed by atoms with Gasteiger partial charge in [0.2, 0.25) is 0 Å². The monoisotopic (exact) mass is 334 g/mol. The number of amides is 1. The highest BCUT2D eigenvalue weighted by Gasteiger charge is 2.13. The van der Waals surface area contributed by atoms with Crippen molar-refractivity contribution in [3.05, 3.63) is 82.3 Å². The van der Waals surface area contributed by atoms with Gasteiger partial charge in [0.1, 0.15) is 5.75 Å². The van der Waals surface area contributed by atoms with Gasteiger partial charge in [-0.2, -0.15) is 0 Å². The molecule has 1 heterocycles. The van der Waals surface area contributed by atoms with Crippen molar-refractivity contribution in [2.24, 2.45) is 0 Å². The zero-order valence-electron chi connectivity index (χ0n) is 14.0. The third kappa shape index (κ3) is 3.61. The molecule has 0 aliphatic heterocycles. The molecular weight excluding hydrogens is 316 g/mol. The topological polar surface area (TPSA) is 71.2 Å². The number of aryl methyl sites for hydroxylation is 1. The van der Waals surface area contributed by atoms with Crippen LogP contribution in [-0.4, -0.2) is 18.0 Å². The highest BCUT2D eigenvalue weighted by Crippen LogP contribution is 2.26. The van der Waals surface area contributed by atoms with E-state index >= 15 is 0 Å². The van der Waals surface area contributed by atoms with Crippen LogP contribution < -0.4 is 15.6 Å². The average molecular weight is 334 g/mol. The van der Waals surface area contributed by atoms with E-state index in [-0.39, 0.29) is 11.5 Å². The summed E-state index contributed by atoms with van der Waals surface area (Å²) in [5.41, 5.74) is 2.91. The lowest BCUT2D eigenvalue weighted by Gasteiger charge is -2.11. The summed E-state index contributed by atoms with van der Waals surface area (Å²) in [6.07, 6.45) is 1.41. The van der Waals surface area contributed by atoms with E-state index in [9.17, 15) is 9.59 Å². The third-order valence-corrected chi connectivity index (χ3v) is 3.85. The summed E-state index contributed by atoms with van der Waals surface area (Å²) in [5, 5.41) is 2.83. The molecule has 2 N–H and O–H groups in total. The van der Waals surface area contributed by atoms with E-state index in [1.54, 1.807) is 19.2 Å². The van der Waals surface area contributed by atoms with Crippen LogP contribution >= 0.6 is 0 Å². The van der Waals surface area contributed by atoms with E-state index in [2.05, 4.69) is 10.3 Å². The SMILES string of the molecule is COc1ccc(C)cc1NC(=O)c1c[nH]c(=O)c(-c2ccccc2)c1. The van der Waals surface area contributed by atoms with Crippen molar-refractivity contribution in [3.8, 4) is 16.9 Å². The number of aromatic nitrogens is 1. The molecule has 0 atom stereocenters. The molecule has 0 saturated carbocycles. The van der Waals surface area contributed by atoms with Gasteiger partial charge in [-0.15, -0.1) is 0 Å². The quantitative estimate of drug-likeness (QED) is 0.765. The number of ether oxygens (including phenoxy) is 1. The number of hydrogen-bond acceptors (Lipinski definition) is 3. The van der Waals surface area contributed by atoms with Crippen LogP contribution in [0.25, 0.3) is 11.1 Å². The molecule has 3 aromatic rings. The minimum absolute atomic E-state index is 0.240. The summed E-state index contributed by atoms with van der Waals surface area (Å²) < 4.78 is 5.28. The molecule has 0 fully saturated rings. The first-order valence-corrected chi connectivity index (χ1v) is 7.82. The lowest BCUT2D eigenvalue weighted by molar-refractivity contribution is 0.102. The van der Waals surface area contributed by atoms with Gasteiger partial charge in [0.15, 0.2) is 0 Å². The van der Waals surface area contributed by atoms with Gasteiger partial charge in [0, 0.05) is 11.8 Å². The van der Waals surface area contributed by atoms with E-state index < -0.39 is 0 Å². The maximum absolute atomic E-state index is 12.6. The van der Waals surface area contributed by atoms with E-state index in [1.807, 2.05) is 49.4 Å². The van der Waals surface area contributed by atoms with Crippen LogP contribution in [-0.2, 0) is 0 Å². The predicted octanol–water partition coefficient (Wildman–Crippen LogP) is 3.61. The summed E-state index contributed by atoms with van der Waals surface area (Å²) in [6.45, 7) is 1.93. The average Bonchev–Trinajstić information content (AvgIpc) is 2.63. The Morgan fingerprint density at radius 3 is 2.56 bits per heavy atom. The van der Waals surface area contributed by atoms with Crippen molar-refractivity contribution < 1.29 is 9.53 Å². The molecule has 5 heteroatoms. The first-order valence-electron chi connectivity index (χ1n) is 7.82. The van der Waals surface area contributed by atoms with Gasteiger partial charge in [-0.05, 0) is 36.2 Å². The number of rotatable bonds is 4. The van der Waals surface area contributed by atoms with Crippen LogP contribution in [0.2, 0.25) is 0 Å². The van der Waals surface area contributed by atoms with Gasteiger partial charge in [-0.1, -0.05) is 36.4 Å². The van der Waals surface area contributed by atoms with Crippen molar-refractivity contribution in [2.45, 2.75) is 6.92 Å². The third-order valence-electron chi connectivity index (χ3n) is 3.85. The molecule has 126 valence electrons. The lowest BCUT2D eigenvalue weighted by Crippen LogP contribution is -2.17. The van der Waals surface area contributed by atoms with Crippen molar-refractivity contribution in [1.29, 1.82) is 0 Å². The molecule has 0 spiro atoms. The Labute approximate surface area is 145 Å². The normalized spacial score (nSPS) is 10.3. The summed E-state index contributed by atoms with van der Waals surface area (Å²) in [5.74, 6) is 0.254. The van der Waals surface area contributed by atoms with Crippen LogP contribution in [0.4, 0.5) is 5.69 Å². The number of pyridine rings is 1. The Hall–Kier alpha value is -3.34. The standard InChI is InChI=1S/C20H18N2O3/c1-13-8-9-18(25-2)17(10-13)22-19(23)15-11-16(20(24)21-12-15)14-6-4-3-5-7-14/h3-12H,1-2H3,(H,21,24)(H,22,23). The summed E-state index contributed by atoms with van der Waals surface area (Å²) in [4.78, 5) is 27.3. The number of anilines is 1. The van der Waals surface area contributed by atoms with E-state index in [0.717, 1.165) is 11.1 Å². The number of benzene rings is 2. The zero-order chi connectivity index (χ0) is 17.8. The Morgan fingerprint density at radius 1 is 1.08 bits per heavy atom. The molecule has 1 amide bonds. The van der Waals surface area contributed by atoms with Gasteiger partial charge < -0.3 is 15.0 Å². The molecule has 1 aromatic heterocycles. The summed E-state index contributed by atoms with van der Waals surface area (Å²) in [6, 6.07) is 16.4. The second-order valence-corrected chi connectivity index (χ2v) is 5.66. The van der Waals surface area contributed by atoms with Crippen molar-refractivity contribution >= 4 is 11.6 Å².